The van der Waals surface area contributed by atoms with Crippen LogP contribution in [0.5, 0.6) is 0 Å². The Kier molecular flexibility index (Phi) is 3.58. The van der Waals surface area contributed by atoms with Gasteiger partial charge in [0.05, 0.1) is 0 Å². The summed E-state index contributed by atoms with van der Waals surface area (Å²) in [5.41, 5.74) is 5.93. The highest BCUT2D eigenvalue weighted by Crippen LogP contribution is 2.37. The van der Waals surface area contributed by atoms with E-state index in [4.69, 9.17) is 10.7 Å². The summed E-state index contributed by atoms with van der Waals surface area (Å²) in [6.07, 6.45) is 8.99. The Balaban J connectivity index is 1.89. The summed E-state index contributed by atoms with van der Waals surface area (Å²) in [6.45, 7) is 3.21. The number of hydrogen-bond acceptors (Lipinski definition) is 4. The van der Waals surface area contributed by atoms with Gasteiger partial charge < -0.3 is 10.6 Å². The lowest BCUT2D eigenvalue weighted by Crippen LogP contribution is -2.47. The van der Waals surface area contributed by atoms with E-state index in [1.165, 1.54) is 38.5 Å². The second-order valence-electron chi connectivity index (χ2n) is 5.87. The third-order valence-electron chi connectivity index (χ3n) is 4.63. The number of nitrogens with zero attached hydrogens (tertiary/aromatic N) is 3. The number of hydrogen-bond donors (Lipinski definition) is 1. The SMILES string of the molecule is CCc1nc(N)cc(N2CCCC3CCCCC32)n1. The second kappa shape index (κ2) is 5.35. The summed E-state index contributed by atoms with van der Waals surface area (Å²) in [5, 5.41) is 0. The summed E-state index contributed by atoms with van der Waals surface area (Å²) in [7, 11) is 0. The van der Waals surface area contributed by atoms with Crippen LogP contribution in [0.3, 0.4) is 0 Å². The van der Waals surface area contributed by atoms with Crippen LogP contribution < -0.4 is 10.6 Å². The van der Waals surface area contributed by atoms with E-state index in [0.717, 1.165) is 30.5 Å². The Labute approximate surface area is 115 Å². The zero-order valence-electron chi connectivity index (χ0n) is 11.8. The summed E-state index contributed by atoms with van der Waals surface area (Å²) in [4.78, 5) is 11.5. The third-order valence-corrected chi connectivity index (χ3v) is 4.63. The van der Waals surface area contributed by atoms with Crippen LogP contribution in [0.2, 0.25) is 0 Å². The molecule has 2 aliphatic rings. The van der Waals surface area contributed by atoms with Crippen LogP contribution in [-0.2, 0) is 6.42 Å². The predicted octanol–water partition coefficient (Wildman–Crippen LogP) is 2.78. The molecule has 1 aromatic heterocycles. The Morgan fingerprint density at radius 3 is 2.84 bits per heavy atom. The molecule has 2 fully saturated rings. The molecule has 1 aliphatic heterocycles. The molecule has 0 amide bonds. The molecule has 0 bridgehead atoms. The van der Waals surface area contributed by atoms with Crippen molar-refractivity contribution in [2.24, 2.45) is 5.92 Å². The molecule has 1 aromatic rings. The van der Waals surface area contributed by atoms with E-state index >= 15 is 0 Å². The van der Waals surface area contributed by atoms with Crippen molar-refractivity contribution in [3.05, 3.63) is 11.9 Å². The molecule has 0 aromatic carbocycles. The monoisotopic (exact) mass is 260 g/mol. The van der Waals surface area contributed by atoms with Gasteiger partial charge in [-0.15, -0.1) is 0 Å². The Bertz CT molecular complexity index is 444. The minimum atomic E-state index is 0.611. The van der Waals surface area contributed by atoms with Gasteiger partial charge in [-0.2, -0.15) is 0 Å². The van der Waals surface area contributed by atoms with E-state index in [9.17, 15) is 0 Å². The van der Waals surface area contributed by atoms with Crippen molar-refractivity contribution >= 4 is 11.6 Å². The van der Waals surface area contributed by atoms with Crippen LogP contribution in [0.25, 0.3) is 0 Å². The summed E-state index contributed by atoms with van der Waals surface area (Å²) in [6, 6.07) is 2.64. The number of rotatable bonds is 2. The third kappa shape index (κ3) is 2.53. The minimum Gasteiger partial charge on any atom is -0.384 e. The van der Waals surface area contributed by atoms with Crippen LogP contribution in [0.1, 0.15) is 51.3 Å². The van der Waals surface area contributed by atoms with Crippen molar-refractivity contribution in [1.29, 1.82) is 0 Å². The molecule has 1 saturated carbocycles. The molecule has 0 radical (unpaired) electrons. The highest BCUT2D eigenvalue weighted by Gasteiger charge is 2.34. The molecule has 4 heteroatoms. The second-order valence-corrected chi connectivity index (χ2v) is 5.87. The van der Waals surface area contributed by atoms with E-state index in [0.29, 0.717) is 11.9 Å². The molecule has 104 valence electrons. The quantitative estimate of drug-likeness (QED) is 0.888. The first-order valence-electron chi connectivity index (χ1n) is 7.68. The largest absolute Gasteiger partial charge is 0.384 e. The maximum absolute atomic E-state index is 5.93. The Morgan fingerprint density at radius 1 is 1.21 bits per heavy atom. The minimum absolute atomic E-state index is 0.611. The first kappa shape index (κ1) is 12.7. The van der Waals surface area contributed by atoms with E-state index < -0.39 is 0 Å². The summed E-state index contributed by atoms with van der Waals surface area (Å²) >= 11 is 0. The molecule has 2 heterocycles. The maximum Gasteiger partial charge on any atom is 0.134 e. The number of aryl methyl sites for hydroxylation is 1. The maximum atomic E-state index is 5.93. The molecular weight excluding hydrogens is 236 g/mol. The highest BCUT2D eigenvalue weighted by atomic mass is 15.2. The van der Waals surface area contributed by atoms with Crippen LogP contribution in [0.4, 0.5) is 11.6 Å². The molecule has 1 aliphatic carbocycles. The van der Waals surface area contributed by atoms with Crippen LogP contribution in [-0.4, -0.2) is 22.6 Å². The molecule has 2 N–H and O–H groups in total. The van der Waals surface area contributed by atoms with E-state index in [1.54, 1.807) is 0 Å². The first-order valence-corrected chi connectivity index (χ1v) is 7.68. The topological polar surface area (TPSA) is 55.0 Å². The average Bonchev–Trinajstić information content (AvgIpc) is 2.46. The molecule has 0 spiro atoms. The van der Waals surface area contributed by atoms with Crippen LogP contribution >= 0.6 is 0 Å². The molecule has 2 atom stereocenters. The zero-order valence-corrected chi connectivity index (χ0v) is 11.8. The van der Waals surface area contributed by atoms with E-state index in [2.05, 4.69) is 16.8 Å². The van der Waals surface area contributed by atoms with Crippen LogP contribution in [0.15, 0.2) is 6.07 Å². The van der Waals surface area contributed by atoms with Crippen molar-refractivity contribution in [1.82, 2.24) is 9.97 Å². The van der Waals surface area contributed by atoms with Crippen LogP contribution in [0, 0.1) is 5.92 Å². The van der Waals surface area contributed by atoms with E-state index in [-0.39, 0.29) is 0 Å². The fraction of sp³-hybridized carbons (Fsp3) is 0.733. The zero-order chi connectivity index (χ0) is 13.2. The fourth-order valence-electron chi connectivity index (χ4n) is 3.72. The van der Waals surface area contributed by atoms with Gasteiger partial charge in [0.2, 0.25) is 0 Å². The van der Waals surface area contributed by atoms with Gasteiger partial charge >= 0.3 is 0 Å². The predicted molar refractivity (Wildman–Crippen MR) is 78.1 cm³/mol. The standard InChI is InChI=1S/C15H24N4/c1-2-14-17-13(16)10-15(18-14)19-9-5-7-11-6-3-4-8-12(11)19/h10-12H,2-9H2,1H3,(H2,16,17,18). The first-order chi connectivity index (χ1) is 9.28. The number of anilines is 2. The van der Waals surface area contributed by atoms with Gasteiger partial charge in [-0.3, -0.25) is 0 Å². The highest BCUT2D eigenvalue weighted by molar-refractivity contribution is 5.48. The number of aromatic nitrogens is 2. The van der Waals surface area contributed by atoms with Gasteiger partial charge in [-0.1, -0.05) is 19.8 Å². The fourth-order valence-corrected chi connectivity index (χ4v) is 3.72. The van der Waals surface area contributed by atoms with Gasteiger partial charge in [-0.25, -0.2) is 9.97 Å². The number of nitrogen functional groups attached to an aromatic ring is 1. The van der Waals surface area contributed by atoms with Gasteiger partial charge in [0.25, 0.3) is 0 Å². The van der Waals surface area contributed by atoms with Gasteiger partial charge in [-0.05, 0) is 31.6 Å². The number of piperidine rings is 1. The number of nitrogens with two attached hydrogens (primary N) is 1. The molecule has 19 heavy (non-hydrogen) atoms. The lowest BCUT2D eigenvalue weighted by Gasteiger charge is -2.44. The Hall–Kier alpha value is -1.32. The van der Waals surface area contributed by atoms with Gasteiger partial charge in [0.15, 0.2) is 0 Å². The lowest BCUT2D eigenvalue weighted by molar-refractivity contribution is 0.242. The van der Waals surface area contributed by atoms with Crippen molar-refractivity contribution in [3.63, 3.8) is 0 Å². The average molecular weight is 260 g/mol. The molecular formula is C15H24N4. The molecule has 4 nitrogen and oxygen atoms in total. The summed E-state index contributed by atoms with van der Waals surface area (Å²) < 4.78 is 0. The molecule has 1 saturated heterocycles. The summed E-state index contributed by atoms with van der Waals surface area (Å²) in [5.74, 6) is 3.40. The van der Waals surface area contributed by atoms with E-state index in [1.807, 2.05) is 6.07 Å². The van der Waals surface area contributed by atoms with Gasteiger partial charge in [0, 0.05) is 25.1 Å². The molecule has 2 unspecified atom stereocenters. The van der Waals surface area contributed by atoms with Crippen molar-refractivity contribution < 1.29 is 0 Å². The Morgan fingerprint density at radius 2 is 2.00 bits per heavy atom. The molecule has 3 rings (SSSR count). The van der Waals surface area contributed by atoms with Crippen molar-refractivity contribution in [2.75, 3.05) is 17.2 Å². The van der Waals surface area contributed by atoms with Crippen molar-refractivity contribution in [2.45, 2.75) is 57.9 Å². The normalized spacial score (nSPS) is 27.1. The van der Waals surface area contributed by atoms with Crippen molar-refractivity contribution in [3.8, 4) is 0 Å². The number of fused-ring (bicyclic) bond motifs is 1. The smallest absolute Gasteiger partial charge is 0.134 e. The van der Waals surface area contributed by atoms with Gasteiger partial charge in [0.1, 0.15) is 17.5 Å². The lowest BCUT2D eigenvalue weighted by atomic mass is 9.78.